The molecule has 1 atom stereocenters. The molecule has 354 valence electrons. The third kappa shape index (κ3) is 48.3. The average molecular weight is 855 g/mol. The number of ether oxygens (including phenoxy) is 3. The number of hydrogen-bond acceptors (Lipinski definition) is 6. The van der Waals surface area contributed by atoms with E-state index in [1.807, 2.05) is 0 Å². The Hall–Kier alpha value is -2.63. The molecule has 0 amide bonds. The van der Waals surface area contributed by atoms with Gasteiger partial charge in [0.1, 0.15) is 13.2 Å². The van der Waals surface area contributed by atoms with Crippen LogP contribution < -0.4 is 0 Å². The van der Waals surface area contributed by atoms with Crippen molar-refractivity contribution >= 4 is 17.9 Å². The Balaban J connectivity index is 4.36. The van der Waals surface area contributed by atoms with Crippen LogP contribution >= 0.6 is 0 Å². The van der Waals surface area contributed by atoms with Crippen LogP contribution in [0.25, 0.3) is 0 Å². The molecule has 61 heavy (non-hydrogen) atoms. The molecule has 0 saturated carbocycles. The van der Waals surface area contributed by atoms with Crippen LogP contribution in [0.5, 0.6) is 0 Å². The first-order valence-electron chi connectivity index (χ1n) is 26.1. The highest BCUT2D eigenvalue weighted by molar-refractivity contribution is 5.71. The van der Waals surface area contributed by atoms with Crippen LogP contribution in [0.3, 0.4) is 0 Å². The van der Waals surface area contributed by atoms with Gasteiger partial charge in [0.15, 0.2) is 6.10 Å². The molecule has 0 aliphatic heterocycles. The van der Waals surface area contributed by atoms with E-state index < -0.39 is 6.10 Å². The number of hydrogen-bond donors (Lipinski definition) is 0. The van der Waals surface area contributed by atoms with Crippen molar-refractivity contribution < 1.29 is 28.6 Å². The molecule has 0 rings (SSSR count). The standard InChI is InChI=1S/C55H98O6/c1-4-7-10-13-16-19-22-25-26-27-28-29-31-33-36-39-42-45-48-54(57)60-51-52(50-59-53(56)47-44-41-38-35-32-24-21-18-15-12-9-6-3)61-55(58)49-46-43-40-37-34-30-23-20-17-14-11-8-5-2/h11,14,19-20,22-23,26-27,52H,4-10,12-13,15-18,21,24-25,28-51H2,1-3H3/b14-11-,22-19-,23-20-,27-26-. The zero-order valence-corrected chi connectivity index (χ0v) is 40.4. The highest BCUT2D eigenvalue weighted by Crippen LogP contribution is 2.15. The minimum Gasteiger partial charge on any atom is -0.462 e. The maximum atomic E-state index is 12.8. The lowest BCUT2D eigenvalue weighted by molar-refractivity contribution is -0.167. The summed E-state index contributed by atoms with van der Waals surface area (Å²) in [4.78, 5) is 37.9. The highest BCUT2D eigenvalue weighted by Gasteiger charge is 2.19. The van der Waals surface area contributed by atoms with Crippen molar-refractivity contribution in [2.24, 2.45) is 0 Å². The molecule has 0 bridgehead atoms. The first-order chi connectivity index (χ1) is 30.0. The van der Waals surface area contributed by atoms with E-state index in [-0.39, 0.29) is 31.1 Å². The molecule has 0 heterocycles. The Morgan fingerprint density at radius 1 is 0.328 bits per heavy atom. The molecular formula is C55H98O6. The van der Waals surface area contributed by atoms with Crippen molar-refractivity contribution in [2.45, 2.75) is 271 Å². The predicted octanol–water partition coefficient (Wildman–Crippen LogP) is 17.1. The van der Waals surface area contributed by atoms with Crippen molar-refractivity contribution in [1.29, 1.82) is 0 Å². The molecule has 6 heteroatoms. The summed E-state index contributed by atoms with van der Waals surface area (Å²) < 4.78 is 16.8. The van der Waals surface area contributed by atoms with Gasteiger partial charge in [-0.05, 0) is 77.0 Å². The largest absolute Gasteiger partial charge is 0.462 e. The van der Waals surface area contributed by atoms with Crippen molar-refractivity contribution in [3.8, 4) is 0 Å². The number of rotatable bonds is 47. The van der Waals surface area contributed by atoms with Crippen LogP contribution in [0, 0.1) is 0 Å². The van der Waals surface area contributed by atoms with E-state index in [1.165, 1.54) is 122 Å². The lowest BCUT2D eigenvalue weighted by atomic mass is 10.0. The molecule has 0 aliphatic rings. The van der Waals surface area contributed by atoms with Gasteiger partial charge in [0.25, 0.3) is 0 Å². The van der Waals surface area contributed by atoms with Gasteiger partial charge >= 0.3 is 17.9 Å². The zero-order valence-electron chi connectivity index (χ0n) is 40.4. The van der Waals surface area contributed by atoms with Gasteiger partial charge < -0.3 is 14.2 Å². The third-order valence-corrected chi connectivity index (χ3v) is 11.3. The summed E-state index contributed by atoms with van der Waals surface area (Å²) in [5, 5.41) is 0. The van der Waals surface area contributed by atoms with Gasteiger partial charge in [-0.1, -0.05) is 217 Å². The van der Waals surface area contributed by atoms with Gasteiger partial charge in [-0.25, -0.2) is 0 Å². The number of esters is 3. The second-order valence-electron chi connectivity index (χ2n) is 17.4. The van der Waals surface area contributed by atoms with E-state index in [4.69, 9.17) is 14.2 Å². The quantitative estimate of drug-likeness (QED) is 0.0263. The Morgan fingerprint density at radius 3 is 0.984 bits per heavy atom. The average Bonchev–Trinajstić information content (AvgIpc) is 3.26. The topological polar surface area (TPSA) is 78.9 Å². The van der Waals surface area contributed by atoms with E-state index >= 15 is 0 Å². The number of unbranched alkanes of at least 4 members (excludes halogenated alkanes) is 28. The fraction of sp³-hybridized carbons (Fsp3) is 0.800. The van der Waals surface area contributed by atoms with Crippen molar-refractivity contribution in [2.75, 3.05) is 13.2 Å². The Morgan fingerprint density at radius 2 is 0.623 bits per heavy atom. The monoisotopic (exact) mass is 855 g/mol. The molecule has 0 fully saturated rings. The van der Waals surface area contributed by atoms with Crippen LogP contribution in [-0.4, -0.2) is 37.2 Å². The molecule has 0 spiro atoms. The van der Waals surface area contributed by atoms with Crippen molar-refractivity contribution in [3.63, 3.8) is 0 Å². The summed E-state index contributed by atoms with van der Waals surface area (Å²) in [7, 11) is 0. The lowest BCUT2D eigenvalue weighted by Crippen LogP contribution is -2.30. The predicted molar refractivity (Wildman–Crippen MR) is 261 cm³/mol. The normalized spacial score (nSPS) is 12.4. The van der Waals surface area contributed by atoms with Crippen LogP contribution in [-0.2, 0) is 28.6 Å². The summed E-state index contributed by atoms with van der Waals surface area (Å²) in [6.45, 7) is 6.55. The van der Waals surface area contributed by atoms with Crippen LogP contribution in [0.1, 0.15) is 265 Å². The number of carbonyl (C=O) groups is 3. The van der Waals surface area contributed by atoms with E-state index in [0.717, 1.165) is 103 Å². The fourth-order valence-corrected chi connectivity index (χ4v) is 7.33. The van der Waals surface area contributed by atoms with Gasteiger partial charge in [0.05, 0.1) is 0 Å². The minimum absolute atomic E-state index is 0.0793. The van der Waals surface area contributed by atoms with Crippen LogP contribution in [0.15, 0.2) is 48.6 Å². The second kappa shape index (κ2) is 50.0. The Labute approximate surface area is 378 Å². The summed E-state index contributed by atoms with van der Waals surface area (Å²) in [6, 6.07) is 0. The fourth-order valence-electron chi connectivity index (χ4n) is 7.33. The summed E-state index contributed by atoms with van der Waals surface area (Å²) >= 11 is 0. The molecular weight excluding hydrogens is 757 g/mol. The van der Waals surface area contributed by atoms with E-state index in [1.54, 1.807) is 0 Å². The lowest BCUT2D eigenvalue weighted by Gasteiger charge is -2.18. The maximum Gasteiger partial charge on any atom is 0.306 e. The summed E-state index contributed by atoms with van der Waals surface area (Å²) in [6.07, 6.45) is 59.5. The third-order valence-electron chi connectivity index (χ3n) is 11.3. The second-order valence-corrected chi connectivity index (χ2v) is 17.4. The molecule has 0 aromatic heterocycles. The van der Waals surface area contributed by atoms with E-state index in [0.29, 0.717) is 19.3 Å². The van der Waals surface area contributed by atoms with E-state index in [9.17, 15) is 14.4 Å². The van der Waals surface area contributed by atoms with Crippen LogP contribution in [0.2, 0.25) is 0 Å². The summed E-state index contributed by atoms with van der Waals surface area (Å²) in [5.41, 5.74) is 0. The van der Waals surface area contributed by atoms with Gasteiger partial charge in [0.2, 0.25) is 0 Å². The first-order valence-corrected chi connectivity index (χ1v) is 26.1. The molecule has 0 N–H and O–H groups in total. The van der Waals surface area contributed by atoms with Crippen LogP contribution in [0.4, 0.5) is 0 Å². The van der Waals surface area contributed by atoms with Gasteiger partial charge in [-0.3, -0.25) is 14.4 Å². The Kier molecular flexibility index (Phi) is 47.9. The van der Waals surface area contributed by atoms with Gasteiger partial charge in [-0.15, -0.1) is 0 Å². The number of carbonyl (C=O) groups excluding carboxylic acids is 3. The van der Waals surface area contributed by atoms with E-state index in [2.05, 4.69) is 69.4 Å². The molecule has 1 unspecified atom stereocenters. The van der Waals surface area contributed by atoms with Gasteiger partial charge in [0, 0.05) is 19.3 Å². The maximum absolute atomic E-state index is 12.8. The van der Waals surface area contributed by atoms with Crippen molar-refractivity contribution in [1.82, 2.24) is 0 Å². The molecule has 0 radical (unpaired) electrons. The minimum atomic E-state index is -0.780. The molecule has 0 saturated heterocycles. The number of allylic oxidation sites excluding steroid dienone is 8. The highest BCUT2D eigenvalue weighted by atomic mass is 16.6. The first kappa shape index (κ1) is 58.4. The molecule has 0 aromatic rings. The molecule has 0 aromatic carbocycles. The smallest absolute Gasteiger partial charge is 0.306 e. The Bertz CT molecular complexity index is 1070. The van der Waals surface area contributed by atoms with Gasteiger partial charge in [-0.2, -0.15) is 0 Å². The SMILES string of the molecule is CCC/C=C\C/C=C\CCCCCCCC(=O)OC(COC(=O)CCCCCCCCC/C=C\C/C=C\CCCCCC)COC(=O)CCCCCCCCCCCCCC. The van der Waals surface area contributed by atoms with Crippen molar-refractivity contribution in [3.05, 3.63) is 48.6 Å². The summed E-state index contributed by atoms with van der Waals surface area (Å²) in [5.74, 6) is -0.895. The molecule has 6 nitrogen and oxygen atoms in total. The zero-order chi connectivity index (χ0) is 44.4. The molecule has 0 aliphatic carbocycles.